The fourth-order valence-corrected chi connectivity index (χ4v) is 3.52. The maximum Gasteiger partial charge on any atom is 0.416 e. The van der Waals surface area contributed by atoms with Gasteiger partial charge in [-0.25, -0.2) is 8.78 Å². The summed E-state index contributed by atoms with van der Waals surface area (Å²) < 4.78 is 66.3. The zero-order valence-electron chi connectivity index (χ0n) is 15.6. The summed E-state index contributed by atoms with van der Waals surface area (Å²) in [6.45, 7) is 2.75. The van der Waals surface area contributed by atoms with Gasteiger partial charge in [-0.2, -0.15) is 13.2 Å². The summed E-state index contributed by atoms with van der Waals surface area (Å²) >= 11 is 0. The Labute approximate surface area is 163 Å². The van der Waals surface area contributed by atoms with E-state index in [9.17, 15) is 31.5 Å². The first-order valence-electron chi connectivity index (χ1n) is 8.72. The number of carbonyl (C=O) groups excluding carboxylic acids is 2. The highest BCUT2D eigenvalue weighted by molar-refractivity contribution is 6.41. The number of hydrogen-bond donors (Lipinski definition) is 0. The highest BCUT2D eigenvalue weighted by atomic mass is 19.4. The summed E-state index contributed by atoms with van der Waals surface area (Å²) in [6, 6.07) is 4.67. The zero-order chi connectivity index (χ0) is 21.5. The minimum absolute atomic E-state index is 0.0183. The lowest BCUT2D eigenvalue weighted by atomic mass is 10.0. The van der Waals surface area contributed by atoms with Crippen molar-refractivity contribution in [2.45, 2.75) is 26.6 Å². The van der Waals surface area contributed by atoms with E-state index in [2.05, 4.69) is 0 Å². The van der Waals surface area contributed by atoms with E-state index in [-0.39, 0.29) is 18.7 Å². The van der Waals surface area contributed by atoms with Crippen LogP contribution in [0.1, 0.15) is 22.3 Å². The van der Waals surface area contributed by atoms with Gasteiger partial charge < -0.3 is 9.80 Å². The molecule has 2 amide bonds. The van der Waals surface area contributed by atoms with Gasteiger partial charge in [-0.05, 0) is 54.8 Å². The molecule has 0 radical (unpaired) electrons. The number of amides is 2. The van der Waals surface area contributed by atoms with Gasteiger partial charge in [0.25, 0.3) is 0 Å². The van der Waals surface area contributed by atoms with Crippen LogP contribution in [0.3, 0.4) is 0 Å². The van der Waals surface area contributed by atoms with Gasteiger partial charge in [0.05, 0.1) is 11.3 Å². The van der Waals surface area contributed by atoms with Crippen molar-refractivity contribution >= 4 is 17.5 Å². The molecule has 0 spiro atoms. The summed E-state index contributed by atoms with van der Waals surface area (Å²) in [6.07, 6.45) is -4.80. The van der Waals surface area contributed by atoms with E-state index in [1.54, 1.807) is 13.8 Å². The third-order valence-corrected chi connectivity index (χ3v) is 4.77. The Morgan fingerprint density at radius 1 is 0.897 bits per heavy atom. The lowest BCUT2D eigenvalue weighted by Gasteiger charge is -2.35. The Kier molecular flexibility index (Phi) is 5.34. The maximum atomic E-state index is 13.5. The number of piperazine rings is 1. The van der Waals surface area contributed by atoms with E-state index in [0.717, 1.165) is 17.0 Å². The van der Waals surface area contributed by atoms with Gasteiger partial charge in [0.2, 0.25) is 0 Å². The van der Waals surface area contributed by atoms with Crippen molar-refractivity contribution in [3.8, 4) is 0 Å². The normalized spacial score (nSPS) is 15.3. The average Bonchev–Trinajstić information content (AvgIpc) is 2.60. The lowest BCUT2D eigenvalue weighted by molar-refractivity contribution is -0.147. The minimum atomic E-state index is -4.80. The fourth-order valence-electron chi connectivity index (χ4n) is 3.52. The van der Waals surface area contributed by atoms with Gasteiger partial charge in [0.1, 0.15) is 11.6 Å². The SMILES string of the molecule is Cc1cc(F)cc(C)c1N1CCN(Cc2ccc(F)cc2C(F)(F)F)C(=O)C1=O. The van der Waals surface area contributed by atoms with Crippen LogP contribution in [0.15, 0.2) is 30.3 Å². The van der Waals surface area contributed by atoms with Crippen LogP contribution in [0.4, 0.5) is 27.6 Å². The van der Waals surface area contributed by atoms with E-state index in [4.69, 9.17) is 0 Å². The van der Waals surface area contributed by atoms with Crippen molar-refractivity contribution in [3.63, 3.8) is 0 Å². The fraction of sp³-hybridized carbons (Fsp3) is 0.300. The quantitative estimate of drug-likeness (QED) is 0.565. The van der Waals surface area contributed by atoms with Crippen LogP contribution in [0, 0.1) is 25.5 Å². The Balaban J connectivity index is 1.86. The van der Waals surface area contributed by atoms with Gasteiger partial charge in [0, 0.05) is 19.6 Å². The number of rotatable bonds is 3. The van der Waals surface area contributed by atoms with Crippen LogP contribution in [0.25, 0.3) is 0 Å². The summed E-state index contributed by atoms with van der Waals surface area (Å²) in [7, 11) is 0. The largest absolute Gasteiger partial charge is 0.416 e. The Morgan fingerprint density at radius 3 is 2.10 bits per heavy atom. The van der Waals surface area contributed by atoms with E-state index in [0.29, 0.717) is 22.9 Å². The number of alkyl halides is 3. The summed E-state index contributed by atoms with van der Waals surface area (Å²) in [4.78, 5) is 27.3. The van der Waals surface area contributed by atoms with Crippen LogP contribution in [-0.2, 0) is 22.3 Å². The molecule has 1 aliphatic rings. The van der Waals surface area contributed by atoms with Crippen LogP contribution in [-0.4, -0.2) is 29.8 Å². The van der Waals surface area contributed by atoms with E-state index < -0.39 is 41.7 Å². The molecule has 1 heterocycles. The van der Waals surface area contributed by atoms with Gasteiger partial charge in [-0.1, -0.05) is 6.07 Å². The van der Waals surface area contributed by atoms with Crippen molar-refractivity contribution in [2.24, 2.45) is 0 Å². The zero-order valence-corrected chi connectivity index (χ0v) is 15.6. The topological polar surface area (TPSA) is 40.6 Å². The smallest absolute Gasteiger partial charge is 0.328 e. The number of carbonyl (C=O) groups is 2. The molecule has 29 heavy (non-hydrogen) atoms. The standard InChI is InChI=1S/C20H17F5N2O2/c1-11-7-15(22)8-12(2)17(11)27-6-5-26(18(28)19(27)29)10-13-3-4-14(21)9-16(13)20(23,24)25/h3-4,7-9H,5-6,10H2,1-2H3. The predicted octanol–water partition coefficient (Wildman–Crippen LogP) is 3.98. The first kappa shape index (κ1) is 20.8. The molecule has 1 aliphatic heterocycles. The van der Waals surface area contributed by atoms with Crippen LogP contribution >= 0.6 is 0 Å². The van der Waals surface area contributed by atoms with Crippen LogP contribution in [0.5, 0.6) is 0 Å². The minimum Gasteiger partial charge on any atom is -0.328 e. The third-order valence-electron chi connectivity index (χ3n) is 4.77. The number of anilines is 1. The second-order valence-corrected chi connectivity index (χ2v) is 6.87. The number of halogens is 5. The maximum absolute atomic E-state index is 13.5. The predicted molar refractivity (Wildman–Crippen MR) is 95.0 cm³/mol. The molecule has 0 bridgehead atoms. The molecule has 0 unspecified atom stereocenters. The summed E-state index contributed by atoms with van der Waals surface area (Å²) in [5.74, 6) is -3.41. The Hall–Kier alpha value is -2.97. The number of nitrogens with zero attached hydrogens (tertiary/aromatic N) is 2. The molecule has 3 rings (SSSR count). The molecule has 0 atom stereocenters. The van der Waals surface area contributed by atoms with Crippen molar-refractivity contribution in [2.75, 3.05) is 18.0 Å². The Bertz CT molecular complexity index is 964. The molecular formula is C20H17F5N2O2. The number of hydrogen-bond acceptors (Lipinski definition) is 2. The van der Waals surface area contributed by atoms with E-state index in [1.165, 1.54) is 17.0 Å². The van der Waals surface area contributed by atoms with Crippen molar-refractivity contribution in [3.05, 3.63) is 64.2 Å². The monoisotopic (exact) mass is 412 g/mol. The molecule has 4 nitrogen and oxygen atoms in total. The van der Waals surface area contributed by atoms with Gasteiger partial charge in [-0.15, -0.1) is 0 Å². The van der Waals surface area contributed by atoms with Crippen molar-refractivity contribution in [1.29, 1.82) is 0 Å². The van der Waals surface area contributed by atoms with Crippen LogP contribution in [0.2, 0.25) is 0 Å². The Morgan fingerprint density at radius 2 is 1.52 bits per heavy atom. The molecule has 9 heteroatoms. The molecule has 1 fully saturated rings. The average molecular weight is 412 g/mol. The van der Waals surface area contributed by atoms with E-state index >= 15 is 0 Å². The summed E-state index contributed by atoms with van der Waals surface area (Å²) in [5.41, 5.74) is -0.153. The molecule has 154 valence electrons. The number of benzene rings is 2. The molecule has 0 aromatic heterocycles. The molecule has 2 aromatic carbocycles. The summed E-state index contributed by atoms with van der Waals surface area (Å²) in [5, 5.41) is 0. The highest BCUT2D eigenvalue weighted by Gasteiger charge is 2.38. The molecule has 0 N–H and O–H groups in total. The molecule has 2 aromatic rings. The first-order chi connectivity index (χ1) is 13.5. The molecular weight excluding hydrogens is 395 g/mol. The number of aryl methyl sites for hydroxylation is 2. The molecule has 0 saturated carbocycles. The van der Waals surface area contributed by atoms with Gasteiger partial charge >= 0.3 is 18.0 Å². The first-order valence-corrected chi connectivity index (χ1v) is 8.72. The van der Waals surface area contributed by atoms with Crippen molar-refractivity contribution < 1.29 is 31.5 Å². The lowest BCUT2D eigenvalue weighted by Crippen LogP contribution is -2.54. The van der Waals surface area contributed by atoms with Gasteiger partial charge in [-0.3, -0.25) is 9.59 Å². The van der Waals surface area contributed by atoms with Crippen molar-refractivity contribution in [1.82, 2.24) is 4.90 Å². The van der Waals surface area contributed by atoms with Crippen LogP contribution < -0.4 is 4.90 Å². The second kappa shape index (κ2) is 7.46. The van der Waals surface area contributed by atoms with E-state index in [1.807, 2.05) is 0 Å². The molecule has 0 aliphatic carbocycles. The molecule has 1 saturated heterocycles. The highest BCUT2D eigenvalue weighted by Crippen LogP contribution is 2.34. The van der Waals surface area contributed by atoms with Gasteiger partial charge in [0.15, 0.2) is 0 Å². The second-order valence-electron chi connectivity index (χ2n) is 6.87. The third kappa shape index (κ3) is 4.08.